The molecular weight excluding hydrogens is 673 g/mol. The lowest BCUT2D eigenvalue weighted by atomic mass is 9.80. The van der Waals surface area contributed by atoms with Crippen LogP contribution in [0.1, 0.15) is 114 Å². The highest BCUT2D eigenvalue weighted by Crippen LogP contribution is 2.38. The van der Waals surface area contributed by atoms with Crippen molar-refractivity contribution < 1.29 is 23.2 Å². The molecule has 0 spiro atoms. The third-order valence-electron chi connectivity index (χ3n) is 12.0. The molecule has 3 aromatic rings. The summed E-state index contributed by atoms with van der Waals surface area (Å²) in [7, 11) is 0. The molecule has 2 aliphatic heterocycles. The van der Waals surface area contributed by atoms with Crippen LogP contribution in [0, 0.1) is 5.92 Å². The van der Waals surface area contributed by atoms with Gasteiger partial charge in [0.05, 0.1) is 22.9 Å². The molecule has 1 N–H and O–H groups in total. The Balaban J connectivity index is 0.974. The smallest absolute Gasteiger partial charge is 0.261 e. The summed E-state index contributed by atoms with van der Waals surface area (Å²) in [4.78, 5) is 50.7. The molecule has 3 atom stereocenters. The average molecular weight is 726 g/mol. The monoisotopic (exact) mass is 725 g/mol. The Bertz CT molecular complexity index is 1690. The Labute approximate surface area is 312 Å². The van der Waals surface area contributed by atoms with E-state index in [0.29, 0.717) is 24.1 Å². The standard InChI is InChI=1S/C43H53F2N5O3/c44-43(45)20-17-32(18-21-43)39(51)28-34(31-10-2-1-3-11-31)19-26-48-27-23-46-35(29-48)30-49(38-16-8-12-33-13-9-22-47-40(33)38)24-6-7-25-50-41(52)36-14-4-5-15-37(36)42(50)53/h1-5,9-11,13-15,22,32,34-35,38,46H,6-8,12,16-21,23-30H2/t34-,35-,38+/m1/s1. The van der Waals surface area contributed by atoms with Gasteiger partial charge in [0.2, 0.25) is 5.92 Å². The zero-order valence-electron chi connectivity index (χ0n) is 30.7. The summed E-state index contributed by atoms with van der Waals surface area (Å²) < 4.78 is 27.7. The van der Waals surface area contributed by atoms with Crippen LogP contribution >= 0.6 is 0 Å². The van der Waals surface area contributed by atoms with E-state index in [2.05, 4.69) is 33.3 Å². The van der Waals surface area contributed by atoms with Gasteiger partial charge in [0.1, 0.15) is 5.78 Å². The molecule has 3 heterocycles. The van der Waals surface area contributed by atoms with E-state index in [0.717, 1.165) is 83.4 Å². The Hall–Kier alpha value is -3.86. The van der Waals surface area contributed by atoms with E-state index in [9.17, 15) is 23.2 Å². The third kappa shape index (κ3) is 9.10. The maximum Gasteiger partial charge on any atom is 0.261 e. The van der Waals surface area contributed by atoms with E-state index in [1.165, 1.54) is 16.2 Å². The van der Waals surface area contributed by atoms with E-state index in [1.807, 2.05) is 30.5 Å². The first-order chi connectivity index (χ1) is 25.8. The van der Waals surface area contributed by atoms with Crippen LogP contribution in [0.3, 0.4) is 0 Å². The molecule has 4 aliphatic rings. The number of Topliss-reactive ketones (excluding diaryl/α,β-unsaturated/α-hetero) is 1. The van der Waals surface area contributed by atoms with Gasteiger partial charge in [-0.25, -0.2) is 8.78 Å². The normalized spacial score (nSPS) is 22.5. The van der Waals surface area contributed by atoms with Crippen LogP contribution in [0.5, 0.6) is 0 Å². The fourth-order valence-corrected chi connectivity index (χ4v) is 9.07. The predicted octanol–water partition coefficient (Wildman–Crippen LogP) is 7.07. The zero-order chi connectivity index (χ0) is 36.8. The molecule has 2 fully saturated rings. The number of rotatable bonds is 15. The van der Waals surface area contributed by atoms with Crippen LogP contribution in [0.15, 0.2) is 72.9 Å². The fourth-order valence-electron chi connectivity index (χ4n) is 9.07. The number of nitrogens with one attached hydrogen (secondary N) is 1. The highest BCUT2D eigenvalue weighted by molar-refractivity contribution is 6.21. The topological polar surface area (TPSA) is 85.9 Å². The zero-order valence-corrected chi connectivity index (χ0v) is 30.7. The molecule has 1 saturated carbocycles. The number of unbranched alkanes of at least 4 members (excludes halogenated alkanes) is 1. The SMILES string of the molecule is O=C(C[C@@H](CCN1CCN[C@@H](CN(CCCCN2C(=O)c3ccccc3C2=O)[C@H]2CCCc3cccnc32)C1)c1ccccc1)C1CCC(F)(F)CC1. The number of aryl methyl sites for hydroxylation is 1. The number of alkyl halides is 2. The van der Waals surface area contributed by atoms with Gasteiger partial charge in [-0.1, -0.05) is 48.5 Å². The van der Waals surface area contributed by atoms with Crippen LogP contribution < -0.4 is 5.32 Å². The lowest BCUT2D eigenvalue weighted by Gasteiger charge is -2.41. The van der Waals surface area contributed by atoms with Gasteiger partial charge in [0.15, 0.2) is 0 Å². The number of hydrogen-bond donors (Lipinski definition) is 1. The minimum atomic E-state index is -2.64. The summed E-state index contributed by atoms with van der Waals surface area (Å²) in [6, 6.07) is 22.0. The summed E-state index contributed by atoms with van der Waals surface area (Å²) in [5.74, 6) is -3.10. The summed E-state index contributed by atoms with van der Waals surface area (Å²) in [5, 5.41) is 3.78. The Morgan fingerprint density at radius 2 is 1.66 bits per heavy atom. The Morgan fingerprint density at radius 1 is 0.925 bits per heavy atom. The number of aromatic nitrogens is 1. The summed E-state index contributed by atoms with van der Waals surface area (Å²) in [6.45, 7) is 5.67. The van der Waals surface area contributed by atoms with Gasteiger partial charge >= 0.3 is 0 Å². The number of piperazine rings is 1. The molecule has 282 valence electrons. The summed E-state index contributed by atoms with van der Waals surface area (Å²) in [5.41, 5.74) is 4.63. The second-order valence-electron chi connectivity index (χ2n) is 15.6. The van der Waals surface area contributed by atoms with Crippen molar-refractivity contribution in [2.75, 3.05) is 45.8 Å². The largest absolute Gasteiger partial charge is 0.310 e. The molecule has 2 aromatic carbocycles. The Morgan fingerprint density at radius 3 is 2.42 bits per heavy atom. The molecule has 7 rings (SSSR count). The van der Waals surface area contributed by atoms with Crippen molar-refractivity contribution in [1.82, 2.24) is 25.0 Å². The molecular formula is C43H53F2N5O3. The second-order valence-corrected chi connectivity index (χ2v) is 15.6. The van der Waals surface area contributed by atoms with E-state index in [4.69, 9.17) is 4.98 Å². The van der Waals surface area contributed by atoms with Gasteiger partial charge in [0, 0.05) is 70.1 Å². The number of carbonyl (C=O) groups is 3. The maximum absolute atomic E-state index is 13.8. The van der Waals surface area contributed by atoms with E-state index >= 15 is 0 Å². The predicted molar refractivity (Wildman–Crippen MR) is 201 cm³/mol. The number of hydrogen-bond acceptors (Lipinski definition) is 7. The average Bonchev–Trinajstić information content (AvgIpc) is 3.42. The molecule has 8 nitrogen and oxygen atoms in total. The van der Waals surface area contributed by atoms with Crippen LogP contribution in [0.25, 0.3) is 0 Å². The molecule has 2 aliphatic carbocycles. The van der Waals surface area contributed by atoms with E-state index in [1.54, 1.807) is 24.3 Å². The number of amides is 2. The molecule has 10 heteroatoms. The van der Waals surface area contributed by atoms with Crippen molar-refractivity contribution in [2.24, 2.45) is 5.92 Å². The Kier molecular flexibility index (Phi) is 12.1. The number of pyridine rings is 1. The molecule has 0 bridgehead atoms. The third-order valence-corrected chi connectivity index (χ3v) is 12.0. The van der Waals surface area contributed by atoms with Gasteiger partial charge in [0.25, 0.3) is 11.8 Å². The van der Waals surface area contributed by atoms with Crippen LogP contribution in [-0.2, 0) is 11.2 Å². The minimum absolute atomic E-state index is 0.0583. The number of ketones is 1. The second kappa shape index (κ2) is 17.1. The van der Waals surface area contributed by atoms with Crippen LogP contribution in [-0.4, -0.2) is 95.1 Å². The molecule has 2 amide bonds. The van der Waals surface area contributed by atoms with Crippen molar-refractivity contribution in [2.45, 2.75) is 94.6 Å². The summed E-state index contributed by atoms with van der Waals surface area (Å²) >= 11 is 0. The van der Waals surface area contributed by atoms with Crippen LogP contribution in [0.2, 0.25) is 0 Å². The van der Waals surface area contributed by atoms with Gasteiger partial charge < -0.3 is 10.2 Å². The number of nitrogens with zero attached hydrogens (tertiary/aromatic N) is 4. The van der Waals surface area contributed by atoms with E-state index in [-0.39, 0.29) is 67.2 Å². The first kappa shape index (κ1) is 37.5. The van der Waals surface area contributed by atoms with Gasteiger partial charge in [-0.3, -0.25) is 29.2 Å². The van der Waals surface area contributed by atoms with Crippen molar-refractivity contribution >= 4 is 17.6 Å². The highest BCUT2D eigenvalue weighted by atomic mass is 19.3. The molecule has 0 radical (unpaired) electrons. The van der Waals surface area contributed by atoms with Crippen molar-refractivity contribution in [3.63, 3.8) is 0 Å². The minimum Gasteiger partial charge on any atom is -0.310 e. The number of imide groups is 1. The van der Waals surface area contributed by atoms with Crippen molar-refractivity contribution in [3.05, 3.63) is 101 Å². The molecule has 53 heavy (non-hydrogen) atoms. The molecule has 1 aromatic heterocycles. The van der Waals surface area contributed by atoms with Crippen LogP contribution in [0.4, 0.5) is 8.78 Å². The lowest BCUT2D eigenvalue weighted by molar-refractivity contribution is -0.127. The fraction of sp³-hybridized carbons (Fsp3) is 0.535. The quantitative estimate of drug-likeness (QED) is 0.133. The number of fused-ring (bicyclic) bond motifs is 2. The molecule has 0 unspecified atom stereocenters. The van der Waals surface area contributed by atoms with Gasteiger partial charge in [-0.2, -0.15) is 0 Å². The lowest BCUT2D eigenvalue weighted by Crippen LogP contribution is -2.55. The number of halogens is 2. The number of benzene rings is 2. The first-order valence-corrected chi connectivity index (χ1v) is 19.8. The maximum atomic E-state index is 13.8. The van der Waals surface area contributed by atoms with Gasteiger partial charge in [-0.05, 0) is 99.7 Å². The molecule has 1 saturated heterocycles. The summed E-state index contributed by atoms with van der Waals surface area (Å²) in [6.07, 6.45) is 8.13. The van der Waals surface area contributed by atoms with Crippen molar-refractivity contribution in [1.29, 1.82) is 0 Å². The first-order valence-electron chi connectivity index (χ1n) is 19.8. The highest BCUT2D eigenvalue weighted by Gasteiger charge is 2.38. The number of carbonyl (C=O) groups excluding carboxylic acids is 3. The van der Waals surface area contributed by atoms with Gasteiger partial charge in [-0.15, -0.1) is 0 Å². The van der Waals surface area contributed by atoms with E-state index < -0.39 is 5.92 Å². The van der Waals surface area contributed by atoms with Crippen molar-refractivity contribution in [3.8, 4) is 0 Å².